The Bertz CT molecular complexity index is 400. The Labute approximate surface area is 90.1 Å². The van der Waals surface area contributed by atoms with Gasteiger partial charge in [-0.25, -0.2) is 4.98 Å². The summed E-state index contributed by atoms with van der Waals surface area (Å²) in [5.41, 5.74) is -0.534. The van der Waals surface area contributed by atoms with Gasteiger partial charge in [0, 0.05) is 18.9 Å². The van der Waals surface area contributed by atoms with Crippen LogP contribution in [0.25, 0.3) is 0 Å². The second kappa shape index (κ2) is 5.00. The number of rotatable bonds is 4. The van der Waals surface area contributed by atoms with Crippen LogP contribution in [0.1, 0.15) is 13.3 Å². The Balaban J connectivity index is 2.81. The molecule has 0 saturated carbocycles. The van der Waals surface area contributed by atoms with Crippen molar-refractivity contribution >= 4 is 5.82 Å². The number of nitrogens with one attached hydrogen (secondary N) is 1. The zero-order valence-corrected chi connectivity index (χ0v) is 8.71. The minimum atomic E-state index is -4.36. The molecule has 4 nitrogen and oxygen atoms in total. The molecule has 0 radical (unpaired) electrons. The quantitative estimate of drug-likeness (QED) is 0.862. The van der Waals surface area contributed by atoms with Crippen LogP contribution < -0.4 is 10.9 Å². The van der Waals surface area contributed by atoms with E-state index in [1.165, 1.54) is 17.0 Å². The summed E-state index contributed by atoms with van der Waals surface area (Å²) in [7, 11) is 0. The maximum atomic E-state index is 11.9. The van der Waals surface area contributed by atoms with E-state index >= 15 is 0 Å². The van der Waals surface area contributed by atoms with Crippen molar-refractivity contribution in [2.45, 2.75) is 26.1 Å². The minimum absolute atomic E-state index is 0.270. The zero-order valence-electron chi connectivity index (χ0n) is 8.71. The Morgan fingerprint density at radius 2 is 2.19 bits per heavy atom. The van der Waals surface area contributed by atoms with Crippen molar-refractivity contribution in [3.63, 3.8) is 0 Å². The van der Waals surface area contributed by atoms with Gasteiger partial charge in [-0.2, -0.15) is 13.2 Å². The average molecular weight is 235 g/mol. The fraction of sp³-hybridized carbons (Fsp3) is 0.556. The van der Waals surface area contributed by atoms with Crippen LogP contribution in [0.4, 0.5) is 19.0 Å². The molecular weight excluding hydrogens is 223 g/mol. The molecule has 0 bridgehead atoms. The normalized spacial score (nSPS) is 11.5. The van der Waals surface area contributed by atoms with Crippen LogP contribution in [0, 0.1) is 0 Å². The third-order valence-electron chi connectivity index (χ3n) is 1.83. The topological polar surface area (TPSA) is 46.9 Å². The number of hydrogen-bond acceptors (Lipinski definition) is 3. The first kappa shape index (κ1) is 12.5. The number of halogens is 3. The van der Waals surface area contributed by atoms with Crippen LogP contribution in [-0.2, 0) is 6.54 Å². The highest BCUT2D eigenvalue weighted by atomic mass is 19.4. The molecule has 90 valence electrons. The molecule has 0 atom stereocenters. The van der Waals surface area contributed by atoms with Crippen LogP contribution in [0.5, 0.6) is 0 Å². The fourth-order valence-electron chi connectivity index (χ4n) is 1.17. The molecule has 7 heteroatoms. The van der Waals surface area contributed by atoms with E-state index in [-0.39, 0.29) is 5.82 Å². The Hall–Kier alpha value is -1.53. The molecule has 16 heavy (non-hydrogen) atoms. The predicted molar refractivity (Wildman–Crippen MR) is 53.3 cm³/mol. The van der Waals surface area contributed by atoms with E-state index in [0.29, 0.717) is 6.54 Å². The summed E-state index contributed by atoms with van der Waals surface area (Å²) in [4.78, 5) is 15.1. The van der Waals surface area contributed by atoms with Gasteiger partial charge in [0.25, 0.3) is 5.56 Å². The van der Waals surface area contributed by atoms with Crippen molar-refractivity contribution in [2.75, 3.05) is 11.9 Å². The standard InChI is InChI=1S/C9H12F3N3O/c1-2-4-15-5-3-13-7(8(15)16)14-6-9(10,11)12/h3,5H,2,4,6H2,1H3,(H,13,14). The lowest BCUT2D eigenvalue weighted by Crippen LogP contribution is -2.29. The monoisotopic (exact) mass is 235 g/mol. The summed E-state index contributed by atoms with van der Waals surface area (Å²) in [6.07, 6.45) is -0.886. The lowest BCUT2D eigenvalue weighted by atomic mass is 10.4. The molecule has 0 aliphatic rings. The molecule has 1 rings (SSSR count). The number of aryl methyl sites for hydroxylation is 1. The van der Waals surface area contributed by atoms with E-state index in [4.69, 9.17) is 0 Å². The molecular formula is C9H12F3N3O. The maximum Gasteiger partial charge on any atom is 0.405 e. The van der Waals surface area contributed by atoms with Gasteiger partial charge in [0.15, 0.2) is 5.82 Å². The van der Waals surface area contributed by atoms with Crippen molar-refractivity contribution in [1.29, 1.82) is 0 Å². The molecule has 0 aromatic carbocycles. The molecule has 1 N–H and O–H groups in total. The lowest BCUT2D eigenvalue weighted by Gasteiger charge is -2.09. The largest absolute Gasteiger partial charge is 0.405 e. The fourth-order valence-corrected chi connectivity index (χ4v) is 1.17. The molecule has 0 aliphatic heterocycles. The van der Waals surface area contributed by atoms with E-state index < -0.39 is 18.3 Å². The van der Waals surface area contributed by atoms with Crippen LogP contribution in [0.2, 0.25) is 0 Å². The summed E-state index contributed by atoms with van der Waals surface area (Å²) < 4.78 is 37.1. The van der Waals surface area contributed by atoms with Gasteiger partial charge in [-0.05, 0) is 6.42 Å². The van der Waals surface area contributed by atoms with Crippen molar-refractivity contribution in [3.8, 4) is 0 Å². The molecule has 0 aliphatic carbocycles. The predicted octanol–water partition coefficient (Wildman–Crippen LogP) is 1.63. The molecule has 0 amide bonds. The Morgan fingerprint density at radius 1 is 1.50 bits per heavy atom. The second-order valence-corrected chi connectivity index (χ2v) is 3.24. The van der Waals surface area contributed by atoms with Gasteiger partial charge < -0.3 is 9.88 Å². The number of nitrogens with zero attached hydrogens (tertiary/aromatic N) is 2. The van der Waals surface area contributed by atoms with Crippen molar-refractivity contribution in [3.05, 3.63) is 22.7 Å². The van der Waals surface area contributed by atoms with E-state index in [1.807, 2.05) is 12.2 Å². The first-order valence-corrected chi connectivity index (χ1v) is 4.80. The molecule has 0 spiro atoms. The minimum Gasteiger partial charge on any atom is -0.357 e. The van der Waals surface area contributed by atoms with Crippen molar-refractivity contribution in [1.82, 2.24) is 9.55 Å². The third-order valence-corrected chi connectivity index (χ3v) is 1.83. The van der Waals surface area contributed by atoms with Crippen LogP contribution in [0.3, 0.4) is 0 Å². The molecule has 1 aromatic rings. The van der Waals surface area contributed by atoms with Crippen molar-refractivity contribution in [2.24, 2.45) is 0 Å². The number of aromatic nitrogens is 2. The highest BCUT2D eigenvalue weighted by Gasteiger charge is 2.27. The summed E-state index contributed by atoms with van der Waals surface area (Å²) in [5, 5.41) is 1.98. The van der Waals surface area contributed by atoms with Gasteiger partial charge in [0.05, 0.1) is 0 Å². The summed E-state index contributed by atoms with van der Waals surface area (Å²) in [6.45, 7) is 1.07. The molecule has 0 fully saturated rings. The highest BCUT2D eigenvalue weighted by molar-refractivity contribution is 5.30. The van der Waals surface area contributed by atoms with E-state index in [1.54, 1.807) is 0 Å². The average Bonchev–Trinajstić information content (AvgIpc) is 2.18. The number of hydrogen-bond donors (Lipinski definition) is 1. The zero-order chi connectivity index (χ0) is 12.2. The smallest absolute Gasteiger partial charge is 0.357 e. The van der Waals surface area contributed by atoms with Crippen LogP contribution in [0.15, 0.2) is 17.2 Å². The maximum absolute atomic E-state index is 11.9. The SMILES string of the molecule is CCCn1ccnc(NCC(F)(F)F)c1=O. The summed E-state index contributed by atoms with van der Waals surface area (Å²) in [6, 6.07) is 0. The van der Waals surface area contributed by atoms with Gasteiger partial charge in [-0.15, -0.1) is 0 Å². The first-order valence-electron chi connectivity index (χ1n) is 4.80. The Morgan fingerprint density at radius 3 is 2.75 bits per heavy atom. The molecule has 0 saturated heterocycles. The van der Waals surface area contributed by atoms with E-state index in [9.17, 15) is 18.0 Å². The van der Waals surface area contributed by atoms with E-state index in [2.05, 4.69) is 4.98 Å². The second-order valence-electron chi connectivity index (χ2n) is 3.24. The van der Waals surface area contributed by atoms with E-state index in [0.717, 1.165) is 6.42 Å². The first-order chi connectivity index (χ1) is 7.44. The van der Waals surface area contributed by atoms with Crippen LogP contribution >= 0.6 is 0 Å². The number of alkyl halides is 3. The molecule has 1 heterocycles. The van der Waals surface area contributed by atoms with Gasteiger partial charge in [0.1, 0.15) is 6.54 Å². The van der Waals surface area contributed by atoms with Gasteiger partial charge >= 0.3 is 6.18 Å². The summed E-state index contributed by atoms with van der Waals surface area (Å²) in [5.74, 6) is -0.270. The van der Waals surface area contributed by atoms with Gasteiger partial charge in [-0.1, -0.05) is 6.92 Å². The van der Waals surface area contributed by atoms with Gasteiger partial charge in [-0.3, -0.25) is 4.79 Å². The van der Waals surface area contributed by atoms with Crippen molar-refractivity contribution < 1.29 is 13.2 Å². The highest BCUT2D eigenvalue weighted by Crippen LogP contribution is 2.13. The number of anilines is 1. The molecule has 0 unspecified atom stereocenters. The third kappa shape index (κ3) is 3.56. The van der Waals surface area contributed by atoms with Gasteiger partial charge in [0.2, 0.25) is 0 Å². The van der Waals surface area contributed by atoms with Crippen LogP contribution in [-0.4, -0.2) is 22.3 Å². The molecule has 1 aromatic heterocycles. The lowest BCUT2D eigenvalue weighted by molar-refractivity contribution is -0.115. The summed E-state index contributed by atoms with van der Waals surface area (Å²) >= 11 is 0. The Kier molecular flexibility index (Phi) is 3.92.